The topological polar surface area (TPSA) is 17.1 Å². The van der Waals surface area contributed by atoms with Gasteiger partial charge in [0.1, 0.15) is 0 Å². The summed E-state index contributed by atoms with van der Waals surface area (Å²) in [6.45, 7) is 0. The summed E-state index contributed by atoms with van der Waals surface area (Å²) in [7, 11) is 0. The summed E-state index contributed by atoms with van der Waals surface area (Å²) in [6, 6.07) is 10.1. The second-order valence-corrected chi connectivity index (χ2v) is 3.74. The Labute approximate surface area is 90.1 Å². The van der Waals surface area contributed by atoms with Gasteiger partial charge in [-0.05, 0) is 24.0 Å². The van der Waals surface area contributed by atoms with Crippen LogP contribution in [0.4, 0.5) is 0 Å². The van der Waals surface area contributed by atoms with E-state index in [2.05, 4.69) is 0 Å². The van der Waals surface area contributed by atoms with E-state index in [1.165, 1.54) is 5.56 Å². The van der Waals surface area contributed by atoms with Gasteiger partial charge in [0.05, 0.1) is 0 Å². The van der Waals surface area contributed by atoms with Crippen molar-refractivity contribution in [3.63, 3.8) is 0 Å². The van der Waals surface area contributed by atoms with E-state index in [0.717, 1.165) is 24.8 Å². The largest absolute Gasteiger partial charge is 0.295 e. The van der Waals surface area contributed by atoms with Gasteiger partial charge in [-0.25, -0.2) is 0 Å². The number of Topliss-reactive ketones (excluding diaryl/α,β-unsaturated/α-hetero) is 1. The average molecular weight is 198 g/mol. The third-order valence-electron chi connectivity index (χ3n) is 2.59. The summed E-state index contributed by atoms with van der Waals surface area (Å²) < 4.78 is 0. The van der Waals surface area contributed by atoms with Crippen LogP contribution in [0, 0.1) is 0 Å². The number of hydrogen-bond donors (Lipinski definition) is 0. The highest BCUT2D eigenvalue weighted by atomic mass is 16.1. The lowest BCUT2D eigenvalue weighted by atomic mass is 10.1. The Hall–Kier alpha value is -1.63. The first-order chi connectivity index (χ1) is 7.36. The zero-order valence-electron chi connectivity index (χ0n) is 8.65. The zero-order valence-corrected chi connectivity index (χ0v) is 8.65. The second kappa shape index (κ2) is 4.74. The first kappa shape index (κ1) is 9.91. The van der Waals surface area contributed by atoms with Crippen molar-refractivity contribution < 1.29 is 4.79 Å². The van der Waals surface area contributed by atoms with Gasteiger partial charge in [-0.3, -0.25) is 4.79 Å². The van der Waals surface area contributed by atoms with Gasteiger partial charge in [-0.15, -0.1) is 0 Å². The standard InChI is InChI=1S/C14H14O/c15-14-11-5-10-13(14)9-4-8-12-6-2-1-3-7-12/h1-4,6-9H,5,10-11H2/b8-4-,13-9+. The molecule has 0 unspecified atom stereocenters. The molecule has 0 radical (unpaired) electrons. The molecule has 1 aromatic rings. The van der Waals surface area contributed by atoms with E-state index < -0.39 is 0 Å². The lowest BCUT2D eigenvalue weighted by molar-refractivity contribution is -0.114. The zero-order chi connectivity index (χ0) is 10.5. The predicted molar refractivity (Wildman–Crippen MR) is 62.4 cm³/mol. The first-order valence-corrected chi connectivity index (χ1v) is 5.32. The van der Waals surface area contributed by atoms with Gasteiger partial charge in [-0.2, -0.15) is 0 Å². The highest BCUT2D eigenvalue weighted by Gasteiger charge is 2.15. The fourth-order valence-electron chi connectivity index (χ4n) is 1.76. The molecule has 0 bridgehead atoms. The third-order valence-corrected chi connectivity index (χ3v) is 2.59. The van der Waals surface area contributed by atoms with E-state index in [-0.39, 0.29) is 0 Å². The molecule has 1 saturated carbocycles. The minimum absolute atomic E-state index is 0.313. The van der Waals surface area contributed by atoms with Gasteiger partial charge < -0.3 is 0 Å². The Bertz CT molecular complexity index is 399. The number of hydrogen-bond acceptors (Lipinski definition) is 1. The second-order valence-electron chi connectivity index (χ2n) is 3.74. The lowest BCUT2D eigenvalue weighted by Crippen LogP contribution is -1.89. The van der Waals surface area contributed by atoms with Crippen LogP contribution in [-0.4, -0.2) is 5.78 Å². The van der Waals surface area contributed by atoms with Crippen LogP contribution in [0.1, 0.15) is 24.8 Å². The molecule has 1 aromatic carbocycles. The van der Waals surface area contributed by atoms with Gasteiger partial charge in [0, 0.05) is 6.42 Å². The van der Waals surface area contributed by atoms with Crippen molar-refractivity contribution in [1.82, 2.24) is 0 Å². The number of benzene rings is 1. The average Bonchev–Trinajstić information content (AvgIpc) is 2.66. The van der Waals surface area contributed by atoms with E-state index in [9.17, 15) is 4.79 Å². The molecule has 0 amide bonds. The van der Waals surface area contributed by atoms with E-state index in [4.69, 9.17) is 0 Å². The van der Waals surface area contributed by atoms with Gasteiger partial charge in [0.25, 0.3) is 0 Å². The maximum Gasteiger partial charge on any atom is 0.158 e. The van der Waals surface area contributed by atoms with Crippen LogP contribution >= 0.6 is 0 Å². The number of carbonyl (C=O) groups is 1. The molecular formula is C14H14O. The van der Waals surface area contributed by atoms with Crippen LogP contribution in [0.15, 0.2) is 48.1 Å². The molecule has 1 fully saturated rings. The van der Waals surface area contributed by atoms with Gasteiger partial charge in [0.2, 0.25) is 0 Å². The van der Waals surface area contributed by atoms with Crippen LogP contribution in [0.2, 0.25) is 0 Å². The Balaban J connectivity index is 2.04. The van der Waals surface area contributed by atoms with Crippen molar-refractivity contribution in [3.05, 3.63) is 53.6 Å². The third kappa shape index (κ3) is 2.66. The van der Waals surface area contributed by atoms with Gasteiger partial charge in [-0.1, -0.05) is 48.6 Å². The minimum Gasteiger partial charge on any atom is -0.295 e. The van der Waals surface area contributed by atoms with Gasteiger partial charge >= 0.3 is 0 Å². The van der Waals surface area contributed by atoms with E-state index in [1.807, 2.05) is 48.6 Å². The SMILES string of the molecule is O=C1CCC/C1=C\C=C/c1ccccc1. The predicted octanol–water partition coefficient (Wildman–Crippen LogP) is 3.38. The Kier molecular flexibility index (Phi) is 3.13. The van der Waals surface area contributed by atoms with Crippen molar-refractivity contribution >= 4 is 11.9 Å². The number of ketones is 1. The quantitative estimate of drug-likeness (QED) is 0.666. The molecule has 1 aliphatic carbocycles. The van der Waals surface area contributed by atoms with Crippen LogP contribution in [-0.2, 0) is 4.79 Å². The molecule has 0 saturated heterocycles. The van der Waals surface area contributed by atoms with E-state index in [0.29, 0.717) is 5.78 Å². The molecule has 0 heterocycles. The Morgan fingerprint density at radius 2 is 1.87 bits per heavy atom. The van der Waals surface area contributed by atoms with Crippen LogP contribution in [0.3, 0.4) is 0 Å². The van der Waals surface area contributed by atoms with Crippen molar-refractivity contribution in [2.24, 2.45) is 0 Å². The van der Waals surface area contributed by atoms with Crippen molar-refractivity contribution in [3.8, 4) is 0 Å². The molecule has 1 nitrogen and oxygen atoms in total. The molecule has 0 atom stereocenters. The molecule has 0 aliphatic heterocycles. The monoisotopic (exact) mass is 198 g/mol. The molecule has 0 N–H and O–H groups in total. The number of allylic oxidation sites excluding steroid dienone is 3. The minimum atomic E-state index is 0.313. The number of carbonyl (C=O) groups excluding carboxylic acids is 1. The molecule has 0 aromatic heterocycles. The molecule has 76 valence electrons. The molecule has 1 heteroatoms. The maximum absolute atomic E-state index is 11.3. The maximum atomic E-state index is 11.3. The molecular weight excluding hydrogens is 184 g/mol. The molecule has 1 aliphatic rings. The van der Waals surface area contributed by atoms with E-state index in [1.54, 1.807) is 0 Å². The fourth-order valence-corrected chi connectivity index (χ4v) is 1.76. The molecule has 2 rings (SSSR count). The fraction of sp³-hybridized carbons (Fsp3) is 0.214. The van der Waals surface area contributed by atoms with Gasteiger partial charge in [0.15, 0.2) is 5.78 Å². The summed E-state index contributed by atoms with van der Waals surface area (Å²) in [5, 5.41) is 0. The lowest BCUT2D eigenvalue weighted by Gasteiger charge is -1.91. The smallest absolute Gasteiger partial charge is 0.158 e. The molecule has 0 spiro atoms. The van der Waals surface area contributed by atoms with Crippen LogP contribution in [0.5, 0.6) is 0 Å². The Morgan fingerprint density at radius 3 is 2.53 bits per heavy atom. The highest BCUT2D eigenvalue weighted by molar-refractivity contribution is 5.97. The molecule has 15 heavy (non-hydrogen) atoms. The first-order valence-electron chi connectivity index (χ1n) is 5.32. The van der Waals surface area contributed by atoms with Crippen molar-refractivity contribution in [1.29, 1.82) is 0 Å². The summed E-state index contributed by atoms with van der Waals surface area (Å²) >= 11 is 0. The summed E-state index contributed by atoms with van der Waals surface area (Å²) in [6.07, 6.45) is 8.63. The van der Waals surface area contributed by atoms with Crippen LogP contribution < -0.4 is 0 Å². The highest BCUT2D eigenvalue weighted by Crippen LogP contribution is 2.20. The Morgan fingerprint density at radius 1 is 1.07 bits per heavy atom. The van der Waals surface area contributed by atoms with E-state index >= 15 is 0 Å². The summed E-state index contributed by atoms with van der Waals surface area (Å²) in [4.78, 5) is 11.3. The normalized spacial score (nSPS) is 19.2. The summed E-state index contributed by atoms with van der Waals surface area (Å²) in [5.74, 6) is 0.313. The van der Waals surface area contributed by atoms with Crippen molar-refractivity contribution in [2.45, 2.75) is 19.3 Å². The van der Waals surface area contributed by atoms with Crippen LogP contribution in [0.25, 0.3) is 6.08 Å². The number of rotatable bonds is 2. The van der Waals surface area contributed by atoms with Crippen molar-refractivity contribution in [2.75, 3.05) is 0 Å². The summed E-state index contributed by atoms with van der Waals surface area (Å²) in [5.41, 5.74) is 2.14.